The van der Waals surface area contributed by atoms with Gasteiger partial charge in [0.15, 0.2) is 0 Å². The van der Waals surface area contributed by atoms with Gasteiger partial charge in [-0.3, -0.25) is 9.69 Å². The Balaban J connectivity index is 2.60. The van der Waals surface area contributed by atoms with Crippen LogP contribution in [0.5, 0.6) is 0 Å². The van der Waals surface area contributed by atoms with Gasteiger partial charge in [-0.1, -0.05) is 24.3 Å². The molecular formula is C12H9BrN2O. The van der Waals surface area contributed by atoms with E-state index in [2.05, 4.69) is 22.0 Å². The molecule has 4 heteroatoms. The van der Waals surface area contributed by atoms with Crippen molar-refractivity contribution in [3.63, 3.8) is 0 Å². The molecule has 0 saturated heterocycles. The molecule has 1 aliphatic rings. The van der Waals surface area contributed by atoms with Crippen LogP contribution in [0.3, 0.4) is 0 Å². The van der Waals surface area contributed by atoms with Gasteiger partial charge in [-0.2, -0.15) is 5.26 Å². The number of nitrogens with zero attached hydrogens (tertiary/aromatic N) is 2. The summed E-state index contributed by atoms with van der Waals surface area (Å²) in [4.78, 5) is 12.9. The lowest BCUT2D eigenvalue weighted by Crippen LogP contribution is -2.30. The Bertz CT molecular complexity index is 516. The summed E-state index contributed by atoms with van der Waals surface area (Å²) in [6.07, 6.45) is 1.67. The zero-order chi connectivity index (χ0) is 11.7. The Hall–Kier alpha value is -1.60. The van der Waals surface area contributed by atoms with Crippen molar-refractivity contribution in [2.45, 2.75) is 13.0 Å². The van der Waals surface area contributed by atoms with Gasteiger partial charge in [0.25, 0.3) is 0 Å². The molecule has 1 heterocycles. The second-order valence-electron chi connectivity index (χ2n) is 3.52. The molecule has 80 valence electrons. The standard InChI is InChI=1S/C12H9BrN2O/c1-8(16)15-7-11(13)9-4-2-3-5-10(9)12(15)6-14/h2-5,7,12H,1H3/t12-/m1/s1. The predicted molar refractivity (Wildman–Crippen MR) is 64.2 cm³/mol. The number of nitriles is 1. The summed E-state index contributed by atoms with van der Waals surface area (Å²) in [5, 5.41) is 9.15. The average Bonchev–Trinajstić information content (AvgIpc) is 2.29. The van der Waals surface area contributed by atoms with E-state index in [0.717, 1.165) is 15.6 Å². The fourth-order valence-corrected chi connectivity index (χ4v) is 2.36. The zero-order valence-corrected chi connectivity index (χ0v) is 10.2. The highest BCUT2D eigenvalue weighted by Crippen LogP contribution is 2.37. The molecule has 0 bridgehead atoms. The van der Waals surface area contributed by atoms with Crippen molar-refractivity contribution in [1.82, 2.24) is 4.90 Å². The number of hydrogen-bond donors (Lipinski definition) is 0. The average molecular weight is 277 g/mol. The van der Waals surface area contributed by atoms with Crippen molar-refractivity contribution < 1.29 is 4.79 Å². The van der Waals surface area contributed by atoms with E-state index in [1.807, 2.05) is 24.3 Å². The molecular weight excluding hydrogens is 268 g/mol. The van der Waals surface area contributed by atoms with Crippen LogP contribution in [0.1, 0.15) is 24.1 Å². The number of carbonyl (C=O) groups excluding carboxylic acids is 1. The van der Waals surface area contributed by atoms with E-state index >= 15 is 0 Å². The predicted octanol–water partition coefficient (Wildman–Crippen LogP) is 2.81. The van der Waals surface area contributed by atoms with Gasteiger partial charge in [-0.25, -0.2) is 0 Å². The molecule has 1 aromatic rings. The summed E-state index contributed by atoms with van der Waals surface area (Å²) in [6.45, 7) is 1.45. The Morgan fingerprint density at radius 1 is 1.50 bits per heavy atom. The van der Waals surface area contributed by atoms with Gasteiger partial charge in [0.05, 0.1) is 6.07 Å². The topological polar surface area (TPSA) is 44.1 Å². The van der Waals surface area contributed by atoms with Crippen LogP contribution < -0.4 is 0 Å². The highest BCUT2D eigenvalue weighted by Gasteiger charge is 2.28. The normalized spacial score (nSPS) is 18.4. The monoisotopic (exact) mass is 276 g/mol. The Morgan fingerprint density at radius 3 is 2.81 bits per heavy atom. The molecule has 16 heavy (non-hydrogen) atoms. The second-order valence-corrected chi connectivity index (χ2v) is 4.38. The van der Waals surface area contributed by atoms with Gasteiger partial charge in [-0.05, 0) is 27.1 Å². The molecule has 1 atom stereocenters. The van der Waals surface area contributed by atoms with Crippen molar-refractivity contribution in [3.05, 3.63) is 41.6 Å². The fraction of sp³-hybridized carbons (Fsp3) is 0.167. The van der Waals surface area contributed by atoms with Gasteiger partial charge in [-0.15, -0.1) is 0 Å². The van der Waals surface area contributed by atoms with Crippen LogP contribution in [0, 0.1) is 11.3 Å². The molecule has 1 aromatic carbocycles. The van der Waals surface area contributed by atoms with Crippen LogP contribution in [0.15, 0.2) is 30.5 Å². The molecule has 1 aliphatic heterocycles. The molecule has 0 aliphatic carbocycles. The van der Waals surface area contributed by atoms with Gasteiger partial charge < -0.3 is 0 Å². The number of carbonyl (C=O) groups is 1. The third kappa shape index (κ3) is 1.63. The maximum Gasteiger partial charge on any atom is 0.224 e. The quantitative estimate of drug-likeness (QED) is 0.731. The first-order valence-electron chi connectivity index (χ1n) is 4.80. The van der Waals surface area contributed by atoms with Crippen molar-refractivity contribution in [1.29, 1.82) is 5.26 Å². The van der Waals surface area contributed by atoms with Crippen LogP contribution in [-0.2, 0) is 4.79 Å². The largest absolute Gasteiger partial charge is 0.297 e. The summed E-state index contributed by atoms with van der Waals surface area (Å²) < 4.78 is 0.824. The van der Waals surface area contributed by atoms with Crippen molar-refractivity contribution in [3.8, 4) is 6.07 Å². The summed E-state index contributed by atoms with van der Waals surface area (Å²) >= 11 is 3.41. The van der Waals surface area contributed by atoms with E-state index in [9.17, 15) is 4.79 Å². The maximum atomic E-state index is 11.4. The van der Waals surface area contributed by atoms with Gasteiger partial charge in [0.2, 0.25) is 5.91 Å². The lowest BCUT2D eigenvalue weighted by Gasteiger charge is -2.29. The van der Waals surface area contributed by atoms with E-state index in [1.54, 1.807) is 6.20 Å². The summed E-state index contributed by atoms with van der Waals surface area (Å²) in [7, 11) is 0. The lowest BCUT2D eigenvalue weighted by atomic mass is 9.97. The molecule has 0 radical (unpaired) electrons. The van der Waals surface area contributed by atoms with Crippen LogP contribution in [0.2, 0.25) is 0 Å². The van der Waals surface area contributed by atoms with Crippen molar-refractivity contribution in [2.24, 2.45) is 0 Å². The fourth-order valence-electron chi connectivity index (χ4n) is 1.77. The number of hydrogen-bond acceptors (Lipinski definition) is 2. The Labute approximate surface area is 102 Å². The van der Waals surface area contributed by atoms with Crippen LogP contribution in [0.4, 0.5) is 0 Å². The number of halogens is 1. The molecule has 0 aromatic heterocycles. The lowest BCUT2D eigenvalue weighted by molar-refractivity contribution is -0.127. The molecule has 0 fully saturated rings. The van der Waals surface area contributed by atoms with Gasteiger partial charge in [0.1, 0.15) is 6.04 Å². The summed E-state index contributed by atoms with van der Waals surface area (Å²) in [5.74, 6) is -0.141. The van der Waals surface area contributed by atoms with Crippen LogP contribution in [0.25, 0.3) is 4.48 Å². The summed E-state index contributed by atoms with van der Waals surface area (Å²) in [6, 6.07) is 9.19. The molecule has 2 rings (SSSR count). The highest BCUT2D eigenvalue weighted by molar-refractivity contribution is 9.15. The number of fused-ring (bicyclic) bond motifs is 1. The van der Waals surface area contributed by atoms with E-state index in [0.29, 0.717) is 0 Å². The molecule has 0 N–H and O–H groups in total. The zero-order valence-electron chi connectivity index (χ0n) is 8.64. The SMILES string of the molecule is CC(=O)N1C=C(Br)c2ccccc2[C@H]1C#N. The van der Waals surface area contributed by atoms with Crippen molar-refractivity contribution >= 4 is 26.3 Å². The minimum absolute atomic E-state index is 0.141. The minimum atomic E-state index is -0.532. The molecule has 0 saturated carbocycles. The highest BCUT2D eigenvalue weighted by atomic mass is 79.9. The van der Waals surface area contributed by atoms with E-state index in [4.69, 9.17) is 5.26 Å². The maximum absolute atomic E-state index is 11.4. The van der Waals surface area contributed by atoms with Crippen LogP contribution >= 0.6 is 15.9 Å². The Kier molecular flexibility index (Phi) is 2.80. The van der Waals surface area contributed by atoms with Gasteiger partial charge >= 0.3 is 0 Å². The number of amides is 1. The van der Waals surface area contributed by atoms with Gasteiger partial charge in [0, 0.05) is 17.6 Å². The minimum Gasteiger partial charge on any atom is -0.297 e. The second kappa shape index (κ2) is 4.11. The van der Waals surface area contributed by atoms with E-state index in [1.165, 1.54) is 11.8 Å². The number of rotatable bonds is 0. The molecule has 0 spiro atoms. The number of benzene rings is 1. The van der Waals surface area contributed by atoms with E-state index < -0.39 is 6.04 Å². The summed E-state index contributed by atoms with van der Waals surface area (Å²) in [5.41, 5.74) is 1.82. The third-order valence-corrected chi connectivity index (χ3v) is 3.16. The van der Waals surface area contributed by atoms with Crippen molar-refractivity contribution in [2.75, 3.05) is 0 Å². The Morgan fingerprint density at radius 2 is 2.19 bits per heavy atom. The molecule has 0 unspecified atom stereocenters. The smallest absolute Gasteiger partial charge is 0.224 e. The van der Waals surface area contributed by atoms with E-state index in [-0.39, 0.29) is 5.91 Å². The molecule has 3 nitrogen and oxygen atoms in total. The van der Waals surface area contributed by atoms with Crippen LogP contribution in [-0.4, -0.2) is 10.8 Å². The first-order chi connectivity index (χ1) is 7.65. The first-order valence-corrected chi connectivity index (χ1v) is 5.59. The third-order valence-electron chi connectivity index (χ3n) is 2.53. The molecule has 1 amide bonds. The first kappa shape index (κ1) is 10.9.